The summed E-state index contributed by atoms with van der Waals surface area (Å²) in [5.74, 6) is 0.119. The highest BCUT2D eigenvalue weighted by Gasteiger charge is 2.10. The molecule has 0 amide bonds. The number of nitrogens with two attached hydrogens (primary N) is 1. The molecular weight excluding hydrogens is 331 g/mol. The average molecular weight is 341 g/mol. The van der Waals surface area contributed by atoms with Crippen molar-refractivity contribution in [2.45, 2.75) is 6.92 Å². The molecule has 0 saturated carbocycles. The van der Waals surface area contributed by atoms with Gasteiger partial charge >= 0.3 is 0 Å². The zero-order chi connectivity index (χ0) is 14.0. The van der Waals surface area contributed by atoms with E-state index in [1.54, 1.807) is 19.1 Å². The van der Waals surface area contributed by atoms with Crippen molar-refractivity contribution in [2.24, 2.45) is 5.73 Å². The molecule has 1 aromatic carbocycles. The minimum atomic E-state index is -0.322. The third-order valence-corrected chi connectivity index (χ3v) is 3.33. The van der Waals surface area contributed by atoms with E-state index in [1.807, 2.05) is 0 Å². The Kier molecular flexibility index (Phi) is 4.06. The van der Waals surface area contributed by atoms with Gasteiger partial charge in [0.2, 0.25) is 0 Å². The number of thiocarbonyl (C=S) groups is 1. The average Bonchev–Trinajstić information content (AvgIpc) is 2.36. The van der Waals surface area contributed by atoms with Crippen LogP contribution in [0.1, 0.15) is 11.1 Å². The number of hydrogen-bond donors (Lipinski definition) is 2. The van der Waals surface area contributed by atoms with Gasteiger partial charge in [0.25, 0.3) is 0 Å². The van der Waals surface area contributed by atoms with Crippen molar-refractivity contribution >= 4 is 44.6 Å². The van der Waals surface area contributed by atoms with Gasteiger partial charge in [-0.2, -0.15) is 5.10 Å². The molecule has 1 heterocycles. The summed E-state index contributed by atoms with van der Waals surface area (Å²) < 4.78 is 13.7. The topological polar surface area (TPSA) is 63.8 Å². The van der Waals surface area contributed by atoms with Gasteiger partial charge in [-0.25, -0.2) is 4.39 Å². The molecule has 0 unspecified atom stereocenters. The first-order valence-electron chi connectivity index (χ1n) is 5.33. The largest absolute Gasteiger partial charge is 0.389 e. The summed E-state index contributed by atoms with van der Waals surface area (Å²) in [6.45, 7) is 1.79. The van der Waals surface area contributed by atoms with Crippen LogP contribution in [-0.4, -0.2) is 15.2 Å². The summed E-state index contributed by atoms with van der Waals surface area (Å²) in [6, 6.07) is 4.72. The molecule has 0 spiro atoms. The Morgan fingerprint density at radius 3 is 2.89 bits per heavy atom. The third-order valence-electron chi connectivity index (χ3n) is 2.51. The maximum absolute atomic E-state index is 13.4. The molecule has 0 aliphatic carbocycles. The number of anilines is 2. The second-order valence-electron chi connectivity index (χ2n) is 3.86. The standard InChI is InChI=1S/C12H10BrFN4S/c1-6-4-9(14)8(13)5-10(6)17-12-7(11(15)19)2-3-16-18-12/h2-5H,1H3,(H2,15,19)(H,17,18). The van der Waals surface area contributed by atoms with Crippen LogP contribution in [-0.2, 0) is 0 Å². The first-order chi connectivity index (χ1) is 8.99. The van der Waals surface area contributed by atoms with Gasteiger partial charge in [0, 0.05) is 5.69 Å². The maximum Gasteiger partial charge on any atom is 0.163 e. The Bertz CT molecular complexity index is 648. The Morgan fingerprint density at radius 2 is 2.21 bits per heavy atom. The fourth-order valence-corrected chi connectivity index (χ4v) is 2.04. The van der Waals surface area contributed by atoms with Gasteiger partial charge in [0.1, 0.15) is 10.8 Å². The van der Waals surface area contributed by atoms with Crippen molar-refractivity contribution in [1.29, 1.82) is 0 Å². The molecule has 0 aliphatic rings. The Labute approximate surface area is 123 Å². The van der Waals surface area contributed by atoms with Crippen molar-refractivity contribution < 1.29 is 4.39 Å². The number of aromatic nitrogens is 2. The highest BCUT2D eigenvalue weighted by molar-refractivity contribution is 9.10. The molecule has 1 aromatic heterocycles. The molecule has 19 heavy (non-hydrogen) atoms. The van der Waals surface area contributed by atoms with Crippen LogP contribution in [0.2, 0.25) is 0 Å². The summed E-state index contributed by atoms with van der Waals surface area (Å²) in [5.41, 5.74) is 7.64. The lowest BCUT2D eigenvalue weighted by Gasteiger charge is -2.12. The van der Waals surface area contributed by atoms with Crippen LogP contribution in [0.25, 0.3) is 0 Å². The van der Waals surface area contributed by atoms with Crippen molar-refractivity contribution in [2.75, 3.05) is 5.32 Å². The van der Waals surface area contributed by atoms with Crippen molar-refractivity contribution in [3.8, 4) is 0 Å². The zero-order valence-electron chi connectivity index (χ0n) is 9.95. The minimum Gasteiger partial charge on any atom is -0.389 e. The van der Waals surface area contributed by atoms with Crippen LogP contribution in [0.4, 0.5) is 15.9 Å². The van der Waals surface area contributed by atoms with Gasteiger partial charge in [-0.1, -0.05) is 12.2 Å². The summed E-state index contributed by atoms with van der Waals surface area (Å²) in [4.78, 5) is 0.219. The number of halogens is 2. The van der Waals surface area contributed by atoms with Crippen molar-refractivity contribution in [3.05, 3.63) is 45.8 Å². The van der Waals surface area contributed by atoms with Crippen LogP contribution < -0.4 is 11.1 Å². The van der Waals surface area contributed by atoms with E-state index in [0.29, 0.717) is 21.5 Å². The quantitative estimate of drug-likeness (QED) is 0.840. The van der Waals surface area contributed by atoms with Crippen LogP contribution in [0, 0.1) is 12.7 Å². The first-order valence-corrected chi connectivity index (χ1v) is 6.53. The first kappa shape index (κ1) is 13.8. The monoisotopic (exact) mass is 340 g/mol. The molecule has 2 aromatic rings. The molecule has 0 fully saturated rings. The zero-order valence-corrected chi connectivity index (χ0v) is 12.3. The predicted octanol–water partition coefficient (Wildman–Crippen LogP) is 3.06. The molecule has 0 aliphatic heterocycles. The van der Waals surface area contributed by atoms with Gasteiger partial charge < -0.3 is 11.1 Å². The highest BCUT2D eigenvalue weighted by Crippen LogP contribution is 2.27. The smallest absolute Gasteiger partial charge is 0.163 e. The van der Waals surface area contributed by atoms with E-state index in [-0.39, 0.29) is 10.8 Å². The normalized spacial score (nSPS) is 10.3. The Morgan fingerprint density at radius 1 is 1.47 bits per heavy atom. The molecule has 2 rings (SSSR count). The number of nitrogens with one attached hydrogen (secondary N) is 1. The van der Waals surface area contributed by atoms with E-state index < -0.39 is 0 Å². The lowest BCUT2D eigenvalue weighted by molar-refractivity contribution is 0.620. The van der Waals surface area contributed by atoms with Crippen LogP contribution in [0.15, 0.2) is 28.9 Å². The van der Waals surface area contributed by atoms with Gasteiger partial charge in [-0.3, -0.25) is 0 Å². The SMILES string of the molecule is Cc1cc(F)c(Br)cc1Nc1nnccc1C(N)=S. The Balaban J connectivity index is 2.42. The van der Waals surface area contributed by atoms with E-state index in [2.05, 4.69) is 31.4 Å². The molecular formula is C12H10BrFN4S. The van der Waals surface area contributed by atoms with E-state index >= 15 is 0 Å². The second-order valence-corrected chi connectivity index (χ2v) is 5.16. The van der Waals surface area contributed by atoms with E-state index in [9.17, 15) is 4.39 Å². The lowest BCUT2D eigenvalue weighted by Crippen LogP contribution is -2.13. The lowest BCUT2D eigenvalue weighted by atomic mass is 10.2. The minimum absolute atomic E-state index is 0.219. The fourth-order valence-electron chi connectivity index (χ4n) is 1.53. The molecule has 0 bridgehead atoms. The van der Waals surface area contributed by atoms with Crippen LogP contribution >= 0.6 is 28.1 Å². The second kappa shape index (κ2) is 5.58. The van der Waals surface area contributed by atoms with Crippen molar-refractivity contribution in [1.82, 2.24) is 10.2 Å². The van der Waals surface area contributed by atoms with Crippen LogP contribution in [0.3, 0.4) is 0 Å². The molecule has 0 radical (unpaired) electrons. The summed E-state index contributed by atoms with van der Waals surface area (Å²) in [5, 5.41) is 10.8. The predicted molar refractivity (Wildman–Crippen MR) is 80.0 cm³/mol. The van der Waals surface area contributed by atoms with Crippen LogP contribution in [0.5, 0.6) is 0 Å². The van der Waals surface area contributed by atoms with Gasteiger partial charge in [0.15, 0.2) is 5.82 Å². The number of nitrogens with zero attached hydrogens (tertiary/aromatic N) is 2. The molecule has 0 atom stereocenters. The Hall–Kier alpha value is -1.60. The summed E-state index contributed by atoms with van der Waals surface area (Å²) in [7, 11) is 0. The van der Waals surface area contributed by atoms with Gasteiger partial charge in [-0.15, -0.1) is 5.10 Å². The number of rotatable bonds is 3. The molecule has 7 heteroatoms. The van der Waals surface area contributed by atoms with E-state index in [0.717, 1.165) is 5.56 Å². The molecule has 4 nitrogen and oxygen atoms in total. The molecule has 3 N–H and O–H groups in total. The molecule has 0 saturated heterocycles. The number of aryl methyl sites for hydroxylation is 1. The summed E-state index contributed by atoms with van der Waals surface area (Å²) >= 11 is 8.09. The third kappa shape index (κ3) is 3.05. The van der Waals surface area contributed by atoms with Gasteiger partial charge in [-0.05, 0) is 46.6 Å². The summed E-state index contributed by atoms with van der Waals surface area (Å²) in [6.07, 6.45) is 1.51. The maximum atomic E-state index is 13.4. The number of hydrogen-bond acceptors (Lipinski definition) is 4. The van der Waals surface area contributed by atoms with E-state index in [4.69, 9.17) is 18.0 Å². The number of benzene rings is 1. The molecule has 98 valence electrons. The van der Waals surface area contributed by atoms with Gasteiger partial charge in [0.05, 0.1) is 16.2 Å². The fraction of sp³-hybridized carbons (Fsp3) is 0.0833. The van der Waals surface area contributed by atoms with E-state index in [1.165, 1.54) is 12.3 Å². The van der Waals surface area contributed by atoms with Crippen molar-refractivity contribution in [3.63, 3.8) is 0 Å². The highest BCUT2D eigenvalue weighted by atomic mass is 79.9.